The molecule has 196 valence electrons. The fraction of sp³-hybridized carbons (Fsp3) is 0.118. The van der Waals surface area contributed by atoms with E-state index in [9.17, 15) is 0 Å². The average molecular weight is 525 g/mol. The Hall–Kier alpha value is -4.94. The molecule has 7 rings (SSSR count). The van der Waals surface area contributed by atoms with Gasteiger partial charge in [-0.05, 0) is 48.0 Å². The smallest absolute Gasteiger partial charge is 0.242 e. The van der Waals surface area contributed by atoms with Gasteiger partial charge in [-0.3, -0.25) is 15.0 Å². The molecular weight excluding hydrogens is 496 g/mol. The van der Waals surface area contributed by atoms with Crippen LogP contribution in [0.2, 0.25) is 0 Å². The Morgan fingerprint density at radius 2 is 1.55 bits per heavy atom. The molecule has 7 aromatic rings. The summed E-state index contributed by atoms with van der Waals surface area (Å²) in [5.74, 6) is 1.39. The summed E-state index contributed by atoms with van der Waals surface area (Å²) < 4.78 is 12.4. The van der Waals surface area contributed by atoms with Gasteiger partial charge < -0.3 is 9.15 Å². The molecule has 0 spiro atoms. The van der Waals surface area contributed by atoms with E-state index in [1.165, 1.54) is 5.56 Å². The maximum Gasteiger partial charge on any atom is 0.242 e. The molecule has 0 aliphatic heterocycles. The second kappa shape index (κ2) is 10.3. The van der Waals surface area contributed by atoms with Crippen molar-refractivity contribution in [3.63, 3.8) is 0 Å². The third-order valence-corrected chi connectivity index (χ3v) is 7.24. The Balaban J connectivity index is 1.30. The van der Waals surface area contributed by atoms with Crippen LogP contribution in [0.15, 0.2) is 114 Å². The van der Waals surface area contributed by atoms with Gasteiger partial charge in [-0.25, -0.2) is 0 Å². The third kappa shape index (κ3) is 4.70. The molecule has 0 amide bonds. The molecule has 0 saturated heterocycles. The number of H-pyrrole nitrogens is 1. The van der Waals surface area contributed by atoms with Crippen LogP contribution in [-0.2, 0) is 19.7 Å². The van der Waals surface area contributed by atoms with Crippen molar-refractivity contribution in [2.75, 3.05) is 7.05 Å². The molecule has 0 aliphatic rings. The molecule has 0 fully saturated rings. The number of aromatic nitrogens is 3. The van der Waals surface area contributed by atoms with Crippen molar-refractivity contribution in [1.82, 2.24) is 20.1 Å². The second-order valence-corrected chi connectivity index (χ2v) is 10.2. The van der Waals surface area contributed by atoms with Crippen molar-refractivity contribution < 1.29 is 9.15 Å². The van der Waals surface area contributed by atoms with Crippen LogP contribution in [0.4, 0.5) is 0 Å². The topological polar surface area (TPSA) is 67.2 Å². The number of fused-ring (bicyclic) bond motifs is 4. The summed E-state index contributed by atoms with van der Waals surface area (Å²) in [6, 6.07) is 35.2. The molecule has 0 atom stereocenters. The molecule has 6 heteroatoms. The Morgan fingerprint density at radius 1 is 0.800 bits per heavy atom. The number of hydrogen-bond acceptors (Lipinski definition) is 5. The van der Waals surface area contributed by atoms with Crippen LogP contribution in [0.3, 0.4) is 0 Å². The van der Waals surface area contributed by atoms with E-state index in [0.29, 0.717) is 12.5 Å². The first kappa shape index (κ1) is 24.1. The number of nitrogens with zero attached hydrogens (tertiary/aromatic N) is 3. The zero-order valence-corrected chi connectivity index (χ0v) is 22.2. The second-order valence-electron chi connectivity index (χ2n) is 10.2. The number of benzene rings is 4. The zero-order chi connectivity index (χ0) is 26.9. The Bertz CT molecular complexity index is 1890. The van der Waals surface area contributed by atoms with E-state index < -0.39 is 0 Å². The van der Waals surface area contributed by atoms with Gasteiger partial charge in [0.25, 0.3) is 0 Å². The molecule has 0 radical (unpaired) electrons. The van der Waals surface area contributed by atoms with Gasteiger partial charge in [-0.1, -0.05) is 78.9 Å². The molecule has 0 aliphatic carbocycles. The molecule has 6 nitrogen and oxygen atoms in total. The van der Waals surface area contributed by atoms with Crippen molar-refractivity contribution in [3.05, 3.63) is 126 Å². The highest BCUT2D eigenvalue weighted by molar-refractivity contribution is 6.06. The average Bonchev–Trinajstić information content (AvgIpc) is 3.61. The summed E-state index contributed by atoms with van der Waals surface area (Å²) in [7, 11) is 2.14. The predicted molar refractivity (Wildman–Crippen MR) is 159 cm³/mol. The minimum Gasteiger partial charge on any atom is -0.471 e. The quantitative estimate of drug-likeness (QED) is 0.220. The lowest BCUT2D eigenvalue weighted by molar-refractivity contribution is 0.297. The fourth-order valence-corrected chi connectivity index (χ4v) is 5.29. The maximum atomic E-state index is 6.32. The highest BCUT2D eigenvalue weighted by Crippen LogP contribution is 2.36. The van der Waals surface area contributed by atoms with Gasteiger partial charge in [0.1, 0.15) is 18.0 Å². The van der Waals surface area contributed by atoms with Gasteiger partial charge in [0, 0.05) is 35.6 Å². The van der Waals surface area contributed by atoms with E-state index in [1.54, 1.807) is 0 Å². The first-order chi connectivity index (χ1) is 19.7. The lowest BCUT2D eigenvalue weighted by atomic mass is 10.00. The molecule has 3 heterocycles. The van der Waals surface area contributed by atoms with E-state index in [2.05, 4.69) is 70.7 Å². The van der Waals surface area contributed by atoms with E-state index in [4.69, 9.17) is 14.1 Å². The molecule has 0 unspecified atom stereocenters. The van der Waals surface area contributed by atoms with E-state index in [0.717, 1.165) is 68.3 Å². The molecule has 3 aromatic heterocycles. The van der Waals surface area contributed by atoms with Crippen LogP contribution >= 0.6 is 0 Å². The molecular formula is C34H28N4O2. The number of hydrogen-bond donors (Lipinski definition) is 1. The van der Waals surface area contributed by atoms with E-state index in [-0.39, 0.29) is 0 Å². The van der Waals surface area contributed by atoms with Gasteiger partial charge >= 0.3 is 0 Å². The third-order valence-electron chi connectivity index (χ3n) is 7.24. The summed E-state index contributed by atoms with van der Waals surface area (Å²) >= 11 is 0. The summed E-state index contributed by atoms with van der Waals surface area (Å²) in [5, 5.41) is 10.7. The lowest BCUT2D eigenvalue weighted by Gasteiger charge is -2.19. The number of ether oxygens (including phenoxy) is 1. The van der Waals surface area contributed by atoms with Crippen LogP contribution in [0, 0.1) is 0 Å². The summed E-state index contributed by atoms with van der Waals surface area (Å²) in [6.45, 7) is 2.01. The molecule has 40 heavy (non-hydrogen) atoms. The monoisotopic (exact) mass is 524 g/mol. The molecule has 1 N–H and O–H groups in total. The number of furan rings is 1. The number of aromatic amines is 1. The van der Waals surface area contributed by atoms with Gasteiger partial charge in [-0.2, -0.15) is 0 Å². The van der Waals surface area contributed by atoms with Crippen LogP contribution in [0.1, 0.15) is 16.7 Å². The first-order valence-corrected chi connectivity index (χ1v) is 13.4. The SMILES string of the molecule is CN(Cc1ccccc1)Cc1cc2c(cc1-c1cc3ccccc3o1)ncc1c(OCc3ccccc3)n[nH]c12. The van der Waals surface area contributed by atoms with E-state index in [1.807, 2.05) is 60.8 Å². The summed E-state index contributed by atoms with van der Waals surface area (Å²) in [5.41, 5.74) is 7.21. The number of nitrogens with one attached hydrogen (secondary N) is 1. The maximum absolute atomic E-state index is 6.32. The molecule has 0 saturated carbocycles. The van der Waals surface area contributed by atoms with Crippen molar-refractivity contribution >= 4 is 32.8 Å². The Morgan fingerprint density at radius 3 is 2.35 bits per heavy atom. The number of rotatable bonds is 8. The standard InChI is InChI=1S/C34H28N4O2/c1-38(20-23-10-4-2-5-11-23)21-26-16-28-30(18-27(26)32-17-25-14-8-9-15-31(25)40-32)35-19-29-33(28)36-37-34(29)39-22-24-12-6-3-7-13-24/h2-19H,20-22H2,1H3,(H,36,37). The summed E-state index contributed by atoms with van der Waals surface area (Å²) in [6.07, 6.45) is 1.84. The minimum absolute atomic E-state index is 0.444. The lowest BCUT2D eigenvalue weighted by Crippen LogP contribution is -2.17. The first-order valence-electron chi connectivity index (χ1n) is 13.4. The molecule has 0 bridgehead atoms. The number of pyridine rings is 1. The fourth-order valence-electron chi connectivity index (χ4n) is 5.29. The van der Waals surface area contributed by atoms with E-state index >= 15 is 0 Å². The van der Waals surface area contributed by atoms with Crippen LogP contribution in [0.5, 0.6) is 5.88 Å². The largest absolute Gasteiger partial charge is 0.471 e. The van der Waals surface area contributed by atoms with Gasteiger partial charge in [0.2, 0.25) is 5.88 Å². The van der Waals surface area contributed by atoms with Crippen molar-refractivity contribution in [2.24, 2.45) is 0 Å². The highest BCUT2D eigenvalue weighted by Gasteiger charge is 2.18. The van der Waals surface area contributed by atoms with Crippen molar-refractivity contribution in [3.8, 4) is 17.2 Å². The highest BCUT2D eigenvalue weighted by atomic mass is 16.5. The minimum atomic E-state index is 0.444. The van der Waals surface area contributed by atoms with Crippen LogP contribution in [0.25, 0.3) is 44.1 Å². The summed E-state index contributed by atoms with van der Waals surface area (Å²) in [4.78, 5) is 7.15. The van der Waals surface area contributed by atoms with Crippen LogP contribution < -0.4 is 4.74 Å². The zero-order valence-electron chi connectivity index (χ0n) is 22.2. The van der Waals surface area contributed by atoms with Crippen LogP contribution in [-0.4, -0.2) is 27.1 Å². The van der Waals surface area contributed by atoms with Crippen molar-refractivity contribution in [1.29, 1.82) is 0 Å². The Labute approximate surface area is 231 Å². The normalized spacial score (nSPS) is 11.7. The Kier molecular flexibility index (Phi) is 6.22. The van der Waals surface area contributed by atoms with Crippen molar-refractivity contribution in [2.45, 2.75) is 19.7 Å². The van der Waals surface area contributed by atoms with Gasteiger partial charge in [0.05, 0.1) is 16.4 Å². The molecule has 4 aromatic carbocycles. The number of para-hydroxylation sites is 1. The van der Waals surface area contributed by atoms with Gasteiger partial charge in [0.15, 0.2) is 0 Å². The van der Waals surface area contributed by atoms with Gasteiger partial charge in [-0.15, -0.1) is 5.10 Å². The predicted octanol–water partition coefficient (Wildman–Crippen LogP) is 7.74.